The average molecular weight is 414 g/mol. The number of ether oxygens (including phenoxy) is 1. The van der Waals surface area contributed by atoms with Crippen LogP contribution in [-0.2, 0) is 0 Å². The highest BCUT2D eigenvalue weighted by atomic mass is 35.5. The van der Waals surface area contributed by atoms with Gasteiger partial charge in [-0.25, -0.2) is 0 Å². The lowest BCUT2D eigenvalue weighted by molar-refractivity contribution is -0.384. The van der Waals surface area contributed by atoms with Crippen LogP contribution in [0.2, 0.25) is 10.0 Å². The molecule has 0 fully saturated rings. The highest BCUT2D eigenvalue weighted by Gasteiger charge is 2.18. The van der Waals surface area contributed by atoms with Crippen LogP contribution in [0.1, 0.15) is 15.9 Å². The maximum Gasteiger partial charge on any atom is 0.271 e. The van der Waals surface area contributed by atoms with Crippen LogP contribution in [0.25, 0.3) is 0 Å². The van der Waals surface area contributed by atoms with Crippen LogP contribution in [0, 0.1) is 17.0 Å². The van der Waals surface area contributed by atoms with E-state index >= 15 is 0 Å². The van der Waals surface area contributed by atoms with Crippen molar-refractivity contribution in [3.05, 3.63) is 61.6 Å². The molecule has 136 valence electrons. The molecule has 7 nitrogen and oxygen atoms in total. The van der Waals surface area contributed by atoms with Crippen molar-refractivity contribution in [3.8, 4) is 5.75 Å². The van der Waals surface area contributed by atoms with Gasteiger partial charge in [-0.05, 0) is 36.8 Å². The lowest BCUT2D eigenvalue weighted by atomic mass is 10.2. The molecule has 2 N–H and O–H groups in total. The number of methoxy groups -OCH3 is 1. The zero-order valence-corrected chi connectivity index (χ0v) is 16.0. The zero-order chi connectivity index (χ0) is 19.4. The molecule has 10 heteroatoms. The van der Waals surface area contributed by atoms with Gasteiger partial charge >= 0.3 is 0 Å². The summed E-state index contributed by atoms with van der Waals surface area (Å²) in [6.07, 6.45) is 0. The summed E-state index contributed by atoms with van der Waals surface area (Å²) in [4.78, 5) is 22.8. The number of thiocarbonyl (C=S) groups is 1. The summed E-state index contributed by atoms with van der Waals surface area (Å²) in [5.41, 5.74) is 1.12. The number of halogens is 2. The van der Waals surface area contributed by atoms with E-state index in [9.17, 15) is 14.9 Å². The Morgan fingerprint density at radius 1 is 1.27 bits per heavy atom. The maximum absolute atomic E-state index is 12.4. The third-order valence-corrected chi connectivity index (χ3v) is 4.07. The van der Waals surface area contributed by atoms with Gasteiger partial charge in [0.15, 0.2) is 5.11 Å². The molecular weight excluding hydrogens is 401 g/mol. The van der Waals surface area contributed by atoms with Gasteiger partial charge in [0.1, 0.15) is 5.75 Å². The van der Waals surface area contributed by atoms with Crippen molar-refractivity contribution in [2.45, 2.75) is 6.92 Å². The number of hydrogen-bond donors (Lipinski definition) is 2. The van der Waals surface area contributed by atoms with Crippen LogP contribution in [0.5, 0.6) is 5.75 Å². The van der Waals surface area contributed by atoms with Crippen molar-refractivity contribution in [2.75, 3.05) is 12.4 Å². The Morgan fingerprint density at radius 3 is 2.58 bits per heavy atom. The molecule has 0 aliphatic heterocycles. The lowest BCUT2D eigenvalue weighted by Crippen LogP contribution is -2.34. The number of nitro benzene ring substituents is 1. The van der Waals surface area contributed by atoms with E-state index in [1.54, 1.807) is 13.0 Å². The first-order chi connectivity index (χ1) is 12.2. The van der Waals surface area contributed by atoms with Crippen molar-refractivity contribution in [1.29, 1.82) is 0 Å². The van der Waals surface area contributed by atoms with Gasteiger partial charge in [0, 0.05) is 22.8 Å². The third kappa shape index (κ3) is 4.60. The summed E-state index contributed by atoms with van der Waals surface area (Å²) in [6.45, 7) is 1.75. The number of nitrogens with one attached hydrogen (secondary N) is 2. The Kier molecular flexibility index (Phi) is 6.36. The molecule has 0 aromatic heterocycles. The van der Waals surface area contributed by atoms with Crippen molar-refractivity contribution >= 4 is 57.8 Å². The number of hydrogen-bond acceptors (Lipinski definition) is 5. The fourth-order valence-corrected chi connectivity index (χ4v) is 2.89. The molecule has 0 saturated heterocycles. The van der Waals surface area contributed by atoms with Gasteiger partial charge in [-0.15, -0.1) is 0 Å². The molecule has 0 heterocycles. The Bertz CT molecular complexity index is 905. The first-order valence-electron chi connectivity index (χ1n) is 7.13. The first-order valence-corrected chi connectivity index (χ1v) is 8.29. The molecule has 0 saturated carbocycles. The van der Waals surface area contributed by atoms with E-state index in [-0.39, 0.29) is 32.2 Å². The minimum atomic E-state index is -0.591. The van der Waals surface area contributed by atoms with E-state index in [0.29, 0.717) is 5.69 Å². The van der Waals surface area contributed by atoms with E-state index in [2.05, 4.69) is 10.6 Å². The molecule has 2 aromatic carbocycles. The molecular formula is C16H13Cl2N3O4S. The highest BCUT2D eigenvalue weighted by Crippen LogP contribution is 2.32. The number of non-ortho nitro benzene ring substituents is 1. The normalized spacial score (nSPS) is 10.2. The molecule has 0 unspecified atom stereocenters. The fraction of sp³-hybridized carbons (Fsp3) is 0.125. The Hall–Kier alpha value is -2.42. The number of aryl methyl sites for hydroxylation is 1. The predicted molar refractivity (Wildman–Crippen MR) is 105 cm³/mol. The van der Waals surface area contributed by atoms with Crippen LogP contribution in [0.4, 0.5) is 11.4 Å². The summed E-state index contributed by atoms with van der Waals surface area (Å²) in [5, 5.41) is 16.5. The molecule has 0 radical (unpaired) electrons. The van der Waals surface area contributed by atoms with E-state index < -0.39 is 10.8 Å². The van der Waals surface area contributed by atoms with Gasteiger partial charge in [-0.2, -0.15) is 0 Å². The fourth-order valence-electron chi connectivity index (χ4n) is 2.12. The molecule has 26 heavy (non-hydrogen) atoms. The largest absolute Gasteiger partial charge is 0.494 e. The summed E-state index contributed by atoms with van der Waals surface area (Å²) >= 11 is 17.0. The number of anilines is 1. The second-order valence-electron chi connectivity index (χ2n) is 5.13. The summed E-state index contributed by atoms with van der Waals surface area (Å²) < 4.78 is 5.12. The number of nitro groups is 1. The molecule has 1 amide bonds. The summed E-state index contributed by atoms with van der Waals surface area (Å²) in [5.74, 6) is -0.435. The summed E-state index contributed by atoms with van der Waals surface area (Å²) in [7, 11) is 1.37. The van der Waals surface area contributed by atoms with E-state index in [1.165, 1.54) is 31.4 Å². The second kappa shape index (κ2) is 8.31. The Morgan fingerprint density at radius 2 is 1.96 bits per heavy atom. The van der Waals surface area contributed by atoms with Crippen molar-refractivity contribution in [2.24, 2.45) is 0 Å². The van der Waals surface area contributed by atoms with Crippen molar-refractivity contribution in [1.82, 2.24) is 5.32 Å². The number of carbonyl (C=O) groups excluding carboxylic acids is 1. The zero-order valence-electron chi connectivity index (χ0n) is 13.6. The second-order valence-corrected chi connectivity index (χ2v) is 6.38. The number of amides is 1. The minimum absolute atomic E-state index is 0.0447. The molecule has 0 atom stereocenters. The van der Waals surface area contributed by atoms with Crippen LogP contribution in [0.3, 0.4) is 0 Å². The van der Waals surface area contributed by atoms with E-state index in [0.717, 1.165) is 5.56 Å². The predicted octanol–water partition coefficient (Wildman–Crippen LogP) is 4.35. The standard InChI is InChI=1S/C16H13Cl2N3O4S/c1-8-3-4-10(21(23)24)7-13(8)19-16(26)20-15(22)11-5-9(17)6-12(18)14(11)25-2/h3-7H,1-2H3,(H2,19,20,22,26). The summed E-state index contributed by atoms with van der Waals surface area (Å²) in [6, 6.07) is 7.11. The van der Waals surface area contributed by atoms with Crippen molar-refractivity contribution < 1.29 is 14.5 Å². The number of rotatable bonds is 4. The number of benzene rings is 2. The van der Waals surface area contributed by atoms with Crippen LogP contribution < -0.4 is 15.4 Å². The van der Waals surface area contributed by atoms with Crippen LogP contribution >= 0.6 is 35.4 Å². The van der Waals surface area contributed by atoms with Gasteiger partial charge < -0.3 is 10.1 Å². The van der Waals surface area contributed by atoms with Gasteiger partial charge in [0.05, 0.1) is 22.6 Å². The quantitative estimate of drug-likeness (QED) is 0.439. The van der Waals surface area contributed by atoms with Gasteiger partial charge in [0.25, 0.3) is 11.6 Å². The molecule has 0 aliphatic rings. The van der Waals surface area contributed by atoms with E-state index in [4.69, 9.17) is 40.2 Å². The van der Waals surface area contributed by atoms with Crippen molar-refractivity contribution in [3.63, 3.8) is 0 Å². The van der Waals surface area contributed by atoms with E-state index in [1.807, 2.05) is 0 Å². The number of carbonyl (C=O) groups is 1. The molecule has 2 rings (SSSR count). The minimum Gasteiger partial charge on any atom is -0.494 e. The van der Waals surface area contributed by atoms with Crippen LogP contribution in [0.15, 0.2) is 30.3 Å². The maximum atomic E-state index is 12.4. The first kappa shape index (κ1) is 19.9. The van der Waals surface area contributed by atoms with Gasteiger partial charge in [-0.3, -0.25) is 20.2 Å². The monoisotopic (exact) mass is 413 g/mol. The molecule has 0 aliphatic carbocycles. The SMILES string of the molecule is COc1c(Cl)cc(Cl)cc1C(=O)NC(=S)Nc1cc([N+](=O)[O-])ccc1C. The Balaban J connectivity index is 2.20. The lowest BCUT2D eigenvalue weighted by Gasteiger charge is -2.14. The van der Waals surface area contributed by atoms with Gasteiger partial charge in [0.2, 0.25) is 0 Å². The van der Waals surface area contributed by atoms with Gasteiger partial charge in [-0.1, -0.05) is 29.3 Å². The Labute approximate surface area is 164 Å². The smallest absolute Gasteiger partial charge is 0.271 e. The topological polar surface area (TPSA) is 93.5 Å². The molecule has 0 spiro atoms. The molecule has 0 bridgehead atoms. The number of nitrogens with zero attached hydrogens (tertiary/aromatic N) is 1. The highest BCUT2D eigenvalue weighted by molar-refractivity contribution is 7.80. The van der Waals surface area contributed by atoms with Crippen LogP contribution in [-0.4, -0.2) is 23.1 Å². The molecule has 2 aromatic rings. The average Bonchev–Trinajstić information content (AvgIpc) is 2.55. The third-order valence-electron chi connectivity index (χ3n) is 3.36.